The highest BCUT2D eigenvalue weighted by atomic mass is 31.2. The maximum Gasteiger partial charge on any atom is 0.472 e. The fourth-order valence-corrected chi connectivity index (χ4v) is 6.19. The Balaban J connectivity index is 4.01. The van der Waals surface area contributed by atoms with Gasteiger partial charge in [-0.15, -0.1) is 0 Å². The van der Waals surface area contributed by atoms with Crippen LogP contribution in [0, 0.1) is 0 Å². The molecule has 1 N–H and O–H groups in total. The summed E-state index contributed by atoms with van der Waals surface area (Å²) in [6, 6.07) is 0. The molecule has 0 aliphatic rings. The number of hydrogen-bond acceptors (Lipinski definition) is 7. The van der Waals surface area contributed by atoms with Crippen molar-refractivity contribution in [2.24, 2.45) is 0 Å². The Kier molecular flexibility index (Phi) is 36.7. The second kappa shape index (κ2) is 38.0. The summed E-state index contributed by atoms with van der Waals surface area (Å²) in [5, 5.41) is 0. The van der Waals surface area contributed by atoms with Crippen molar-refractivity contribution in [2.75, 3.05) is 20.3 Å². The van der Waals surface area contributed by atoms with Crippen LogP contribution in [0.3, 0.4) is 0 Å². The number of hydrogen-bond donors (Lipinski definition) is 1. The summed E-state index contributed by atoms with van der Waals surface area (Å²) in [5.41, 5.74) is 0. The molecule has 0 aromatic carbocycles. The van der Waals surface area contributed by atoms with Crippen molar-refractivity contribution in [1.29, 1.82) is 0 Å². The minimum Gasteiger partial charge on any atom is -0.462 e. The van der Waals surface area contributed by atoms with Gasteiger partial charge in [-0.25, -0.2) is 4.57 Å². The highest BCUT2D eigenvalue weighted by molar-refractivity contribution is 7.47. The fraction of sp³-hybridized carbons (Fsp3) is 0.810. The molecule has 0 bridgehead atoms. The number of unbranched alkanes of at least 4 members (excludes halogenated alkanes) is 21. The zero-order valence-electron chi connectivity index (χ0n) is 33.0. The van der Waals surface area contributed by atoms with Crippen molar-refractivity contribution in [1.82, 2.24) is 0 Å². The van der Waals surface area contributed by atoms with Crippen LogP contribution in [-0.2, 0) is 32.7 Å². The number of carbonyl (C=O) groups excluding carboxylic acids is 2. The maximum absolute atomic E-state index is 12.5. The maximum atomic E-state index is 12.5. The number of ether oxygens (including phenoxy) is 2. The van der Waals surface area contributed by atoms with Crippen LogP contribution in [0.15, 0.2) is 36.5 Å². The predicted molar refractivity (Wildman–Crippen MR) is 212 cm³/mol. The Morgan fingerprint density at radius 3 is 1.49 bits per heavy atom. The van der Waals surface area contributed by atoms with Crippen LogP contribution in [0.25, 0.3) is 0 Å². The van der Waals surface area contributed by atoms with Gasteiger partial charge in [-0.05, 0) is 44.9 Å². The van der Waals surface area contributed by atoms with E-state index in [2.05, 4.69) is 54.8 Å². The van der Waals surface area contributed by atoms with E-state index < -0.39 is 26.5 Å². The van der Waals surface area contributed by atoms with Crippen molar-refractivity contribution >= 4 is 19.8 Å². The zero-order chi connectivity index (χ0) is 37.5. The van der Waals surface area contributed by atoms with Crippen molar-refractivity contribution < 1.29 is 37.6 Å². The lowest BCUT2D eigenvalue weighted by Gasteiger charge is -2.19. The third kappa shape index (κ3) is 37.8. The van der Waals surface area contributed by atoms with Crippen LogP contribution in [0.2, 0.25) is 0 Å². The molecule has 2 atom stereocenters. The van der Waals surface area contributed by atoms with E-state index in [4.69, 9.17) is 14.0 Å². The topological polar surface area (TPSA) is 108 Å². The molecule has 298 valence electrons. The van der Waals surface area contributed by atoms with Gasteiger partial charge in [-0.2, -0.15) is 0 Å². The van der Waals surface area contributed by atoms with E-state index in [0.29, 0.717) is 12.8 Å². The van der Waals surface area contributed by atoms with E-state index in [9.17, 15) is 19.0 Å². The molecule has 8 nitrogen and oxygen atoms in total. The number of rotatable bonds is 38. The van der Waals surface area contributed by atoms with E-state index in [-0.39, 0.29) is 19.0 Å². The van der Waals surface area contributed by atoms with E-state index >= 15 is 0 Å². The highest BCUT2D eigenvalue weighted by Crippen LogP contribution is 2.42. The molecular weight excluding hydrogens is 663 g/mol. The lowest BCUT2D eigenvalue weighted by molar-refractivity contribution is -0.161. The van der Waals surface area contributed by atoms with Crippen LogP contribution in [0.1, 0.15) is 194 Å². The summed E-state index contributed by atoms with van der Waals surface area (Å²) < 4.78 is 32.0. The summed E-state index contributed by atoms with van der Waals surface area (Å²) in [4.78, 5) is 34.4. The largest absolute Gasteiger partial charge is 0.472 e. The minimum absolute atomic E-state index is 0.227. The first-order valence-electron chi connectivity index (χ1n) is 20.7. The SMILES string of the molecule is CC/C=C\C/C=C\C/C=C\CCCCCCCCCC(=O)OC(COC(=O)CCCCCCCCCCCCCCCCC)COP(=O)(O)OC. The summed E-state index contributed by atoms with van der Waals surface area (Å²) in [7, 11) is -3.20. The van der Waals surface area contributed by atoms with Crippen molar-refractivity contribution in [3.63, 3.8) is 0 Å². The molecule has 0 saturated carbocycles. The van der Waals surface area contributed by atoms with Gasteiger partial charge < -0.3 is 14.4 Å². The second-order valence-electron chi connectivity index (χ2n) is 13.7. The Bertz CT molecular complexity index is 932. The van der Waals surface area contributed by atoms with Gasteiger partial charge in [-0.1, -0.05) is 172 Å². The highest BCUT2D eigenvalue weighted by Gasteiger charge is 2.24. The molecule has 0 heterocycles. The summed E-state index contributed by atoms with van der Waals surface area (Å²) >= 11 is 0. The lowest BCUT2D eigenvalue weighted by Crippen LogP contribution is -2.29. The molecule has 0 radical (unpaired) electrons. The standard InChI is InChI=1S/C42H77O8P/c1-4-6-8-10-12-14-16-18-20-21-23-25-27-29-31-33-35-37-42(44)50-40(39-49-51(45,46)47-3)38-48-41(43)36-34-32-30-28-26-24-22-19-17-15-13-11-9-7-5-2/h6,8,12,14,18,20,40H,4-5,7,9-11,13,15-17,19,21-39H2,1-3H3,(H,45,46)/b8-6-,14-12-,20-18-. The summed E-state index contributed by atoms with van der Waals surface area (Å²) in [6.45, 7) is 3.78. The molecule has 0 aliphatic heterocycles. The van der Waals surface area contributed by atoms with Gasteiger partial charge in [-0.3, -0.25) is 18.6 Å². The average molecular weight is 741 g/mol. The van der Waals surface area contributed by atoms with Gasteiger partial charge in [0.25, 0.3) is 0 Å². The monoisotopic (exact) mass is 741 g/mol. The Morgan fingerprint density at radius 1 is 0.569 bits per heavy atom. The molecule has 0 saturated heterocycles. The van der Waals surface area contributed by atoms with Crippen LogP contribution >= 0.6 is 7.82 Å². The van der Waals surface area contributed by atoms with Gasteiger partial charge in [0.05, 0.1) is 6.61 Å². The van der Waals surface area contributed by atoms with E-state index in [1.807, 2.05) is 0 Å². The van der Waals surface area contributed by atoms with Gasteiger partial charge in [0, 0.05) is 20.0 Å². The number of esters is 2. The zero-order valence-corrected chi connectivity index (χ0v) is 33.9. The first-order chi connectivity index (χ1) is 24.8. The molecule has 9 heteroatoms. The van der Waals surface area contributed by atoms with Crippen LogP contribution in [0.4, 0.5) is 0 Å². The van der Waals surface area contributed by atoms with Gasteiger partial charge >= 0.3 is 19.8 Å². The van der Waals surface area contributed by atoms with Gasteiger partial charge in [0.1, 0.15) is 6.61 Å². The Hall–Kier alpha value is -1.73. The molecule has 0 spiro atoms. The van der Waals surface area contributed by atoms with Crippen LogP contribution < -0.4 is 0 Å². The number of allylic oxidation sites excluding steroid dienone is 6. The molecule has 51 heavy (non-hydrogen) atoms. The van der Waals surface area contributed by atoms with E-state index in [1.165, 1.54) is 96.3 Å². The predicted octanol–water partition coefficient (Wildman–Crippen LogP) is 12.8. The molecule has 0 aromatic rings. The molecule has 2 unspecified atom stereocenters. The first-order valence-corrected chi connectivity index (χ1v) is 22.2. The van der Waals surface area contributed by atoms with Crippen molar-refractivity contribution in [2.45, 2.75) is 200 Å². The molecule has 0 fully saturated rings. The minimum atomic E-state index is -4.26. The molecule has 0 amide bonds. The third-order valence-electron chi connectivity index (χ3n) is 8.90. The van der Waals surface area contributed by atoms with E-state index in [1.54, 1.807) is 0 Å². The molecule has 0 rings (SSSR count). The second-order valence-corrected chi connectivity index (χ2v) is 15.3. The van der Waals surface area contributed by atoms with Crippen LogP contribution in [0.5, 0.6) is 0 Å². The average Bonchev–Trinajstić information content (AvgIpc) is 3.12. The fourth-order valence-electron chi connectivity index (χ4n) is 5.73. The van der Waals surface area contributed by atoms with Crippen LogP contribution in [-0.4, -0.2) is 43.3 Å². The summed E-state index contributed by atoms with van der Waals surface area (Å²) in [6.07, 6.45) is 43.3. The number of carbonyl (C=O) groups is 2. The Labute approximate surface area is 313 Å². The quantitative estimate of drug-likeness (QED) is 0.0288. The van der Waals surface area contributed by atoms with Crippen molar-refractivity contribution in [3.8, 4) is 0 Å². The Morgan fingerprint density at radius 2 is 1.00 bits per heavy atom. The normalized spacial score (nSPS) is 13.7. The summed E-state index contributed by atoms with van der Waals surface area (Å²) in [5.74, 6) is -0.810. The smallest absolute Gasteiger partial charge is 0.462 e. The van der Waals surface area contributed by atoms with Crippen molar-refractivity contribution in [3.05, 3.63) is 36.5 Å². The molecule has 0 aliphatic carbocycles. The van der Waals surface area contributed by atoms with Gasteiger partial charge in [0.15, 0.2) is 6.10 Å². The lowest BCUT2D eigenvalue weighted by atomic mass is 10.0. The molecule has 0 aromatic heterocycles. The third-order valence-corrected chi connectivity index (χ3v) is 9.84. The van der Waals surface area contributed by atoms with E-state index in [0.717, 1.165) is 71.3 Å². The first kappa shape index (κ1) is 49.3. The number of phosphoric acid groups is 1. The van der Waals surface area contributed by atoms with Gasteiger partial charge in [0.2, 0.25) is 0 Å². The molecular formula is C42H77O8P. The number of phosphoric ester groups is 1.